The van der Waals surface area contributed by atoms with E-state index in [0.717, 1.165) is 25.7 Å². The van der Waals surface area contributed by atoms with Crippen LogP contribution in [0.5, 0.6) is 0 Å². The second-order valence-corrected chi connectivity index (χ2v) is 4.99. The molecular formula is C12H16BrNO3. The molecule has 0 bridgehead atoms. The summed E-state index contributed by atoms with van der Waals surface area (Å²) < 4.78 is 5.54. The zero-order chi connectivity index (χ0) is 12.3. The van der Waals surface area contributed by atoms with Crippen molar-refractivity contribution < 1.29 is 14.3 Å². The van der Waals surface area contributed by atoms with E-state index < -0.39 is 0 Å². The summed E-state index contributed by atoms with van der Waals surface area (Å²) in [7, 11) is 0. The largest absolute Gasteiger partial charge is 0.457 e. The Balaban J connectivity index is 2.15. The van der Waals surface area contributed by atoms with Gasteiger partial charge >= 0.3 is 0 Å². The monoisotopic (exact) mass is 301 g/mol. The van der Waals surface area contributed by atoms with Crippen LogP contribution in [0.1, 0.15) is 36.0 Å². The minimum atomic E-state index is -0.0634. The zero-order valence-electron chi connectivity index (χ0n) is 9.56. The maximum atomic E-state index is 12.3. The summed E-state index contributed by atoms with van der Waals surface area (Å²) in [6, 6.07) is 1.92. The molecule has 94 valence electrons. The van der Waals surface area contributed by atoms with E-state index in [4.69, 9.17) is 9.52 Å². The van der Waals surface area contributed by atoms with Gasteiger partial charge in [-0.05, 0) is 34.8 Å². The van der Waals surface area contributed by atoms with Crippen molar-refractivity contribution in [2.24, 2.45) is 0 Å². The van der Waals surface area contributed by atoms with Crippen molar-refractivity contribution in [1.29, 1.82) is 0 Å². The van der Waals surface area contributed by atoms with Gasteiger partial charge in [-0.1, -0.05) is 12.8 Å². The fraction of sp³-hybridized carbons (Fsp3) is 0.583. The number of hydrogen-bond acceptors (Lipinski definition) is 3. The summed E-state index contributed by atoms with van der Waals surface area (Å²) in [4.78, 5) is 14.1. The van der Waals surface area contributed by atoms with Crippen LogP contribution >= 0.6 is 15.9 Å². The van der Waals surface area contributed by atoms with Gasteiger partial charge in [-0.15, -0.1) is 0 Å². The van der Waals surface area contributed by atoms with E-state index in [1.54, 1.807) is 11.0 Å². The Kier molecular flexibility index (Phi) is 4.23. The van der Waals surface area contributed by atoms with E-state index in [0.29, 0.717) is 16.8 Å². The highest BCUT2D eigenvalue weighted by Gasteiger charge is 2.28. The quantitative estimate of drug-likeness (QED) is 0.929. The molecule has 1 amide bonds. The molecule has 1 aliphatic carbocycles. The first kappa shape index (κ1) is 12.6. The van der Waals surface area contributed by atoms with E-state index >= 15 is 0 Å². The molecule has 1 aromatic rings. The normalized spacial score (nSPS) is 16.4. The molecule has 0 spiro atoms. The Morgan fingerprint density at radius 2 is 2.24 bits per heavy atom. The molecule has 5 heteroatoms. The first-order chi connectivity index (χ1) is 8.24. The number of furan rings is 1. The third kappa shape index (κ3) is 2.72. The van der Waals surface area contributed by atoms with Crippen LogP contribution in [0.2, 0.25) is 0 Å². The van der Waals surface area contributed by atoms with Gasteiger partial charge in [-0.3, -0.25) is 4.79 Å². The van der Waals surface area contributed by atoms with Gasteiger partial charge in [0.25, 0.3) is 5.91 Å². The number of carbonyl (C=O) groups excluding carboxylic acids is 1. The van der Waals surface area contributed by atoms with Gasteiger partial charge in [0, 0.05) is 12.6 Å². The predicted octanol–water partition coefficient (Wildman–Crippen LogP) is 2.42. The van der Waals surface area contributed by atoms with Crippen molar-refractivity contribution in [1.82, 2.24) is 4.90 Å². The molecule has 0 atom stereocenters. The molecule has 0 aromatic carbocycles. The smallest absolute Gasteiger partial charge is 0.258 e. The number of amides is 1. The summed E-state index contributed by atoms with van der Waals surface area (Å²) in [5, 5.41) is 9.08. The summed E-state index contributed by atoms with van der Waals surface area (Å²) in [6.07, 6.45) is 5.87. The number of aliphatic hydroxyl groups excluding tert-OH is 1. The molecule has 0 radical (unpaired) electrons. The van der Waals surface area contributed by atoms with Crippen molar-refractivity contribution in [3.63, 3.8) is 0 Å². The first-order valence-electron chi connectivity index (χ1n) is 5.89. The lowest BCUT2D eigenvalue weighted by Gasteiger charge is -2.28. The van der Waals surface area contributed by atoms with Gasteiger partial charge in [0.15, 0.2) is 4.67 Å². The average Bonchev–Trinajstić information content (AvgIpc) is 2.95. The molecule has 17 heavy (non-hydrogen) atoms. The Bertz CT molecular complexity index is 385. The van der Waals surface area contributed by atoms with Gasteiger partial charge in [-0.2, -0.15) is 0 Å². The maximum Gasteiger partial charge on any atom is 0.258 e. The second-order valence-electron chi connectivity index (χ2n) is 4.27. The fourth-order valence-electron chi connectivity index (χ4n) is 2.37. The van der Waals surface area contributed by atoms with Gasteiger partial charge in [0.2, 0.25) is 0 Å². The fourth-order valence-corrected chi connectivity index (χ4v) is 2.78. The van der Waals surface area contributed by atoms with Crippen LogP contribution in [0.15, 0.2) is 21.4 Å². The highest BCUT2D eigenvalue weighted by atomic mass is 79.9. The Labute approximate surface area is 109 Å². The third-order valence-corrected chi connectivity index (χ3v) is 3.83. The zero-order valence-corrected chi connectivity index (χ0v) is 11.1. The molecule has 1 aromatic heterocycles. The van der Waals surface area contributed by atoms with Gasteiger partial charge in [-0.25, -0.2) is 0 Å². The molecular weight excluding hydrogens is 286 g/mol. The maximum absolute atomic E-state index is 12.3. The first-order valence-corrected chi connectivity index (χ1v) is 6.68. The van der Waals surface area contributed by atoms with Crippen molar-refractivity contribution in [3.8, 4) is 0 Å². The van der Waals surface area contributed by atoms with Crippen LogP contribution in [0.4, 0.5) is 0 Å². The van der Waals surface area contributed by atoms with Gasteiger partial charge in [0.05, 0.1) is 18.4 Å². The molecule has 1 aliphatic rings. The van der Waals surface area contributed by atoms with E-state index in [9.17, 15) is 4.79 Å². The van der Waals surface area contributed by atoms with Crippen molar-refractivity contribution in [2.75, 3.05) is 13.2 Å². The molecule has 0 unspecified atom stereocenters. The standard InChI is InChI=1S/C12H16BrNO3/c13-11-10(5-8-17-11)12(16)14(6-7-15)9-3-1-2-4-9/h5,8-9,15H,1-4,6-7H2. The van der Waals surface area contributed by atoms with E-state index in [1.165, 1.54) is 6.26 Å². The second kappa shape index (κ2) is 5.69. The van der Waals surface area contributed by atoms with Crippen LogP contribution in [0.3, 0.4) is 0 Å². The molecule has 4 nitrogen and oxygen atoms in total. The van der Waals surface area contributed by atoms with Crippen molar-refractivity contribution in [2.45, 2.75) is 31.7 Å². The average molecular weight is 302 g/mol. The number of carbonyl (C=O) groups is 1. The van der Waals surface area contributed by atoms with E-state index in [1.807, 2.05) is 0 Å². The summed E-state index contributed by atoms with van der Waals surface area (Å²) in [6.45, 7) is 0.388. The number of hydrogen-bond donors (Lipinski definition) is 1. The topological polar surface area (TPSA) is 53.7 Å². The molecule has 1 N–H and O–H groups in total. The summed E-state index contributed by atoms with van der Waals surface area (Å²) in [5.74, 6) is -0.0634. The lowest BCUT2D eigenvalue weighted by molar-refractivity contribution is 0.0636. The Morgan fingerprint density at radius 1 is 1.53 bits per heavy atom. The molecule has 0 aliphatic heterocycles. The van der Waals surface area contributed by atoms with Crippen LogP contribution < -0.4 is 0 Å². The summed E-state index contributed by atoms with van der Waals surface area (Å²) >= 11 is 3.22. The van der Waals surface area contributed by atoms with Crippen LogP contribution in [-0.2, 0) is 0 Å². The van der Waals surface area contributed by atoms with Crippen LogP contribution in [-0.4, -0.2) is 35.1 Å². The number of aliphatic hydroxyl groups is 1. The van der Waals surface area contributed by atoms with Crippen molar-refractivity contribution >= 4 is 21.8 Å². The molecule has 0 saturated heterocycles. The Hall–Kier alpha value is -0.810. The highest BCUT2D eigenvalue weighted by Crippen LogP contribution is 2.27. The number of rotatable bonds is 4. The van der Waals surface area contributed by atoms with E-state index in [2.05, 4.69) is 15.9 Å². The molecule has 2 rings (SSSR count). The molecule has 1 heterocycles. The van der Waals surface area contributed by atoms with E-state index in [-0.39, 0.29) is 18.6 Å². The summed E-state index contributed by atoms with van der Waals surface area (Å²) in [5.41, 5.74) is 0.533. The molecule has 1 saturated carbocycles. The number of nitrogens with zero attached hydrogens (tertiary/aromatic N) is 1. The Morgan fingerprint density at radius 3 is 2.76 bits per heavy atom. The molecule has 1 fully saturated rings. The predicted molar refractivity (Wildman–Crippen MR) is 66.8 cm³/mol. The van der Waals surface area contributed by atoms with Crippen molar-refractivity contribution in [3.05, 3.63) is 22.6 Å². The minimum Gasteiger partial charge on any atom is -0.457 e. The van der Waals surface area contributed by atoms with Crippen LogP contribution in [0.25, 0.3) is 0 Å². The number of halogens is 1. The van der Waals surface area contributed by atoms with Crippen LogP contribution in [0, 0.1) is 0 Å². The van der Waals surface area contributed by atoms with Gasteiger partial charge in [0.1, 0.15) is 0 Å². The third-order valence-electron chi connectivity index (χ3n) is 3.22. The highest BCUT2D eigenvalue weighted by molar-refractivity contribution is 9.10. The lowest BCUT2D eigenvalue weighted by Crippen LogP contribution is -2.40. The van der Waals surface area contributed by atoms with Gasteiger partial charge < -0.3 is 14.4 Å². The lowest BCUT2D eigenvalue weighted by atomic mass is 10.2. The minimum absolute atomic E-state index is 0.00227. The SMILES string of the molecule is O=C(c1ccoc1Br)N(CCO)C1CCCC1.